The van der Waals surface area contributed by atoms with E-state index in [-0.39, 0.29) is 0 Å². The van der Waals surface area contributed by atoms with Gasteiger partial charge in [-0.25, -0.2) is 0 Å². The Morgan fingerprint density at radius 1 is 1.28 bits per heavy atom. The Labute approximate surface area is 112 Å². The summed E-state index contributed by atoms with van der Waals surface area (Å²) in [6, 6.07) is 10.7. The summed E-state index contributed by atoms with van der Waals surface area (Å²) in [5.41, 5.74) is 8.82. The maximum absolute atomic E-state index is 5.61. The maximum atomic E-state index is 5.61. The van der Waals surface area contributed by atoms with Gasteiger partial charge < -0.3 is 5.73 Å². The van der Waals surface area contributed by atoms with Gasteiger partial charge in [0.25, 0.3) is 0 Å². The van der Waals surface area contributed by atoms with Crippen molar-refractivity contribution < 1.29 is 0 Å². The minimum Gasteiger partial charge on any atom is -0.325 e. The molecule has 0 spiro atoms. The summed E-state index contributed by atoms with van der Waals surface area (Å²) in [4.78, 5) is 1.30. The zero-order valence-corrected chi connectivity index (χ0v) is 11.9. The predicted octanol–water partition coefficient (Wildman–Crippen LogP) is 3.05. The molecule has 18 heavy (non-hydrogen) atoms. The lowest BCUT2D eigenvalue weighted by atomic mass is 10.1. The van der Waals surface area contributed by atoms with Gasteiger partial charge in [-0.3, -0.25) is 4.68 Å². The molecule has 1 heterocycles. The van der Waals surface area contributed by atoms with Crippen molar-refractivity contribution >= 4 is 11.8 Å². The Balaban J connectivity index is 2.25. The lowest BCUT2D eigenvalue weighted by Crippen LogP contribution is -1.98. The lowest BCUT2D eigenvalue weighted by Gasteiger charge is -2.06. The Kier molecular flexibility index (Phi) is 4.09. The molecule has 0 fully saturated rings. The van der Waals surface area contributed by atoms with Crippen molar-refractivity contribution in [2.75, 3.05) is 0 Å². The van der Waals surface area contributed by atoms with E-state index in [0.717, 1.165) is 11.4 Å². The smallest absolute Gasteiger partial charge is 0.0766 e. The molecule has 2 N–H and O–H groups in total. The molecule has 0 aliphatic heterocycles. The standard InChI is InChI=1S/C14H19N3S/c1-10(2)18-13-6-4-11(5-7-13)14-8-12(9-15)16-17(14)3/h4-8,10H,9,15H2,1-3H3. The van der Waals surface area contributed by atoms with E-state index in [9.17, 15) is 0 Å². The molecule has 0 aliphatic rings. The second kappa shape index (κ2) is 5.59. The zero-order chi connectivity index (χ0) is 13.1. The van der Waals surface area contributed by atoms with Crippen molar-refractivity contribution in [3.8, 4) is 11.3 Å². The molecule has 0 amide bonds. The van der Waals surface area contributed by atoms with Crippen molar-refractivity contribution in [2.24, 2.45) is 12.8 Å². The second-order valence-corrected chi connectivity index (χ2v) is 6.19. The topological polar surface area (TPSA) is 43.8 Å². The van der Waals surface area contributed by atoms with Crippen LogP contribution in [0.2, 0.25) is 0 Å². The van der Waals surface area contributed by atoms with E-state index in [0.29, 0.717) is 11.8 Å². The number of aryl methyl sites for hydroxylation is 1. The van der Waals surface area contributed by atoms with E-state index in [2.05, 4.69) is 43.2 Å². The summed E-state index contributed by atoms with van der Waals surface area (Å²) in [5, 5.41) is 4.97. The maximum Gasteiger partial charge on any atom is 0.0766 e. The minimum absolute atomic E-state index is 0.481. The molecule has 0 radical (unpaired) electrons. The van der Waals surface area contributed by atoms with E-state index >= 15 is 0 Å². The van der Waals surface area contributed by atoms with Crippen molar-refractivity contribution in [3.63, 3.8) is 0 Å². The Morgan fingerprint density at radius 3 is 2.44 bits per heavy atom. The summed E-state index contributed by atoms with van der Waals surface area (Å²) in [6.07, 6.45) is 0. The fourth-order valence-electron chi connectivity index (χ4n) is 1.87. The van der Waals surface area contributed by atoms with Gasteiger partial charge in [-0.05, 0) is 23.8 Å². The number of nitrogens with zero attached hydrogens (tertiary/aromatic N) is 2. The van der Waals surface area contributed by atoms with Gasteiger partial charge in [0.2, 0.25) is 0 Å². The third kappa shape index (κ3) is 2.94. The van der Waals surface area contributed by atoms with Crippen LogP contribution in [0, 0.1) is 0 Å². The molecule has 3 nitrogen and oxygen atoms in total. The van der Waals surface area contributed by atoms with Gasteiger partial charge in [-0.15, -0.1) is 11.8 Å². The third-order valence-corrected chi connectivity index (χ3v) is 3.68. The number of thioether (sulfide) groups is 1. The first-order valence-corrected chi connectivity index (χ1v) is 6.98. The van der Waals surface area contributed by atoms with Gasteiger partial charge in [0.1, 0.15) is 0 Å². The van der Waals surface area contributed by atoms with Gasteiger partial charge in [0.15, 0.2) is 0 Å². The Morgan fingerprint density at radius 2 is 1.94 bits per heavy atom. The quantitative estimate of drug-likeness (QED) is 0.860. The van der Waals surface area contributed by atoms with E-state index in [1.54, 1.807) is 0 Å². The summed E-state index contributed by atoms with van der Waals surface area (Å²) in [5.74, 6) is 0. The lowest BCUT2D eigenvalue weighted by molar-refractivity contribution is 0.749. The molecule has 1 aromatic carbocycles. The number of aromatic nitrogens is 2. The van der Waals surface area contributed by atoms with Crippen molar-refractivity contribution in [3.05, 3.63) is 36.0 Å². The predicted molar refractivity (Wildman–Crippen MR) is 77.5 cm³/mol. The molecule has 0 unspecified atom stereocenters. The molecule has 2 rings (SSSR count). The van der Waals surface area contributed by atoms with Crippen LogP contribution in [0.25, 0.3) is 11.3 Å². The molecular formula is C14H19N3S. The van der Waals surface area contributed by atoms with Gasteiger partial charge in [0.05, 0.1) is 11.4 Å². The second-order valence-electron chi connectivity index (χ2n) is 4.54. The van der Waals surface area contributed by atoms with Crippen LogP contribution >= 0.6 is 11.8 Å². The number of rotatable bonds is 4. The van der Waals surface area contributed by atoms with Crippen LogP contribution in [-0.2, 0) is 13.6 Å². The molecule has 96 valence electrons. The minimum atomic E-state index is 0.481. The number of benzene rings is 1. The van der Waals surface area contributed by atoms with E-state index < -0.39 is 0 Å². The summed E-state index contributed by atoms with van der Waals surface area (Å²) in [6.45, 7) is 4.88. The Hall–Kier alpha value is -1.26. The van der Waals surface area contributed by atoms with Crippen molar-refractivity contribution in [1.29, 1.82) is 0 Å². The number of hydrogen-bond donors (Lipinski definition) is 1. The molecular weight excluding hydrogens is 242 g/mol. The van der Waals surface area contributed by atoms with Crippen LogP contribution in [0.4, 0.5) is 0 Å². The summed E-state index contributed by atoms with van der Waals surface area (Å²) in [7, 11) is 1.95. The Bertz CT molecular complexity index is 514. The van der Waals surface area contributed by atoms with Crippen molar-refractivity contribution in [1.82, 2.24) is 9.78 Å². The van der Waals surface area contributed by atoms with E-state index in [1.165, 1.54) is 10.5 Å². The highest BCUT2D eigenvalue weighted by atomic mass is 32.2. The van der Waals surface area contributed by atoms with Crippen LogP contribution in [-0.4, -0.2) is 15.0 Å². The average Bonchev–Trinajstić information content (AvgIpc) is 2.71. The molecule has 2 aromatic rings. The molecule has 4 heteroatoms. The van der Waals surface area contributed by atoms with Gasteiger partial charge >= 0.3 is 0 Å². The van der Waals surface area contributed by atoms with Crippen LogP contribution < -0.4 is 5.73 Å². The first-order valence-electron chi connectivity index (χ1n) is 6.10. The van der Waals surface area contributed by atoms with Gasteiger partial charge in [-0.2, -0.15) is 5.10 Å². The van der Waals surface area contributed by atoms with Gasteiger partial charge in [0, 0.05) is 23.7 Å². The highest BCUT2D eigenvalue weighted by Gasteiger charge is 2.06. The highest BCUT2D eigenvalue weighted by molar-refractivity contribution is 7.99. The number of hydrogen-bond acceptors (Lipinski definition) is 3. The fourth-order valence-corrected chi connectivity index (χ4v) is 2.71. The molecule has 0 aliphatic carbocycles. The molecule has 0 saturated carbocycles. The van der Waals surface area contributed by atoms with E-state index in [1.807, 2.05) is 29.6 Å². The SMILES string of the molecule is CC(C)Sc1ccc(-c2cc(CN)nn2C)cc1. The van der Waals surface area contributed by atoms with Crippen molar-refractivity contribution in [2.45, 2.75) is 30.5 Å². The molecule has 0 bridgehead atoms. The molecule has 0 atom stereocenters. The zero-order valence-electron chi connectivity index (χ0n) is 11.1. The summed E-state index contributed by atoms with van der Waals surface area (Å²) >= 11 is 1.87. The third-order valence-electron chi connectivity index (χ3n) is 2.66. The normalized spacial score (nSPS) is 11.2. The van der Waals surface area contributed by atoms with Gasteiger partial charge in [-0.1, -0.05) is 26.0 Å². The fraction of sp³-hybridized carbons (Fsp3) is 0.357. The van der Waals surface area contributed by atoms with Crippen LogP contribution in [0.1, 0.15) is 19.5 Å². The largest absolute Gasteiger partial charge is 0.325 e. The first-order chi connectivity index (χ1) is 8.60. The monoisotopic (exact) mass is 261 g/mol. The average molecular weight is 261 g/mol. The highest BCUT2D eigenvalue weighted by Crippen LogP contribution is 2.26. The van der Waals surface area contributed by atoms with Crippen LogP contribution in [0.15, 0.2) is 35.2 Å². The van der Waals surface area contributed by atoms with Crippen LogP contribution in [0.5, 0.6) is 0 Å². The number of nitrogens with two attached hydrogens (primary N) is 1. The summed E-state index contributed by atoms with van der Waals surface area (Å²) < 4.78 is 1.88. The van der Waals surface area contributed by atoms with Crippen LogP contribution in [0.3, 0.4) is 0 Å². The van der Waals surface area contributed by atoms with E-state index in [4.69, 9.17) is 5.73 Å². The molecule has 0 saturated heterocycles. The first kappa shape index (κ1) is 13.2. The molecule has 1 aromatic heterocycles.